The lowest BCUT2D eigenvalue weighted by molar-refractivity contribution is 0.0220. The number of hydrogen-bond acceptors (Lipinski definition) is 3. The third-order valence-electron chi connectivity index (χ3n) is 5.81. The van der Waals surface area contributed by atoms with E-state index in [0.29, 0.717) is 11.3 Å². The van der Waals surface area contributed by atoms with Crippen molar-refractivity contribution < 1.29 is 14.6 Å². The SMILES string of the molecule is CCC(CO)N(C(=O)OCc1ccccc1)C1CCC(C(C)(C)C)CC1. The highest BCUT2D eigenvalue weighted by Gasteiger charge is 2.36. The Balaban J connectivity index is 2.03. The number of carbonyl (C=O) groups is 1. The molecule has 0 bridgehead atoms. The van der Waals surface area contributed by atoms with Crippen molar-refractivity contribution >= 4 is 6.09 Å². The van der Waals surface area contributed by atoms with Crippen molar-refractivity contribution in [2.75, 3.05) is 6.61 Å². The molecule has 4 nitrogen and oxygen atoms in total. The lowest BCUT2D eigenvalue weighted by Crippen LogP contribution is -2.50. The fourth-order valence-electron chi connectivity index (χ4n) is 4.02. The van der Waals surface area contributed by atoms with Gasteiger partial charge in [-0.3, -0.25) is 4.90 Å². The summed E-state index contributed by atoms with van der Waals surface area (Å²) in [6.45, 7) is 9.16. The Morgan fingerprint density at radius 1 is 1.19 bits per heavy atom. The molecule has 1 fully saturated rings. The van der Waals surface area contributed by atoms with Gasteiger partial charge in [0.25, 0.3) is 0 Å². The molecule has 1 atom stereocenters. The number of benzene rings is 1. The van der Waals surface area contributed by atoms with Crippen molar-refractivity contribution in [2.45, 2.75) is 78.5 Å². The van der Waals surface area contributed by atoms with Gasteiger partial charge in [0.15, 0.2) is 0 Å². The van der Waals surface area contributed by atoms with E-state index in [-0.39, 0.29) is 31.4 Å². The van der Waals surface area contributed by atoms with Crippen molar-refractivity contribution in [1.29, 1.82) is 0 Å². The Hall–Kier alpha value is -1.55. The smallest absolute Gasteiger partial charge is 0.410 e. The van der Waals surface area contributed by atoms with Crippen LogP contribution in [0.3, 0.4) is 0 Å². The minimum Gasteiger partial charge on any atom is -0.445 e. The van der Waals surface area contributed by atoms with Gasteiger partial charge in [0, 0.05) is 6.04 Å². The fourth-order valence-corrected chi connectivity index (χ4v) is 4.02. The quantitative estimate of drug-likeness (QED) is 0.775. The Morgan fingerprint density at radius 3 is 2.31 bits per heavy atom. The van der Waals surface area contributed by atoms with Gasteiger partial charge in [-0.15, -0.1) is 0 Å². The lowest BCUT2D eigenvalue weighted by atomic mass is 9.71. The lowest BCUT2D eigenvalue weighted by Gasteiger charge is -2.43. The summed E-state index contributed by atoms with van der Waals surface area (Å²) in [4.78, 5) is 14.7. The Bertz CT molecular complexity index is 540. The number of rotatable bonds is 6. The maximum Gasteiger partial charge on any atom is 0.410 e. The van der Waals surface area contributed by atoms with Gasteiger partial charge in [-0.2, -0.15) is 0 Å². The molecule has 1 aromatic carbocycles. The first-order chi connectivity index (χ1) is 12.4. The third kappa shape index (κ3) is 5.47. The second kappa shape index (κ2) is 9.40. The Morgan fingerprint density at radius 2 is 1.81 bits per heavy atom. The van der Waals surface area contributed by atoms with Crippen LogP contribution >= 0.6 is 0 Å². The summed E-state index contributed by atoms with van der Waals surface area (Å²) < 4.78 is 5.60. The van der Waals surface area contributed by atoms with E-state index in [0.717, 1.165) is 37.7 Å². The van der Waals surface area contributed by atoms with Crippen LogP contribution in [0.5, 0.6) is 0 Å². The largest absolute Gasteiger partial charge is 0.445 e. The molecular formula is C22H35NO3. The molecule has 4 heteroatoms. The Kier molecular flexibility index (Phi) is 7.51. The van der Waals surface area contributed by atoms with Crippen molar-refractivity contribution in [3.8, 4) is 0 Å². The summed E-state index contributed by atoms with van der Waals surface area (Å²) >= 11 is 0. The van der Waals surface area contributed by atoms with Gasteiger partial charge in [0.05, 0.1) is 12.6 Å². The summed E-state index contributed by atoms with van der Waals surface area (Å²) in [5, 5.41) is 9.79. The number of carbonyl (C=O) groups excluding carboxylic acids is 1. The van der Waals surface area contributed by atoms with Gasteiger partial charge in [-0.05, 0) is 49.0 Å². The average Bonchev–Trinajstić information content (AvgIpc) is 2.64. The zero-order chi connectivity index (χ0) is 19.2. The van der Waals surface area contributed by atoms with Crippen LogP contribution in [0.2, 0.25) is 0 Å². The number of ether oxygens (including phenoxy) is 1. The highest BCUT2D eigenvalue weighted by atomic mass is 16.6. The van der Waals surface area contributed by atoms with E-state index in [1.165, 1.54) is 0 Å². The van der Waals surface area contributed by atoms with Crippen molar-refractivity contribution in [3.63, 3.8) is 0 Å². The van der Waals surface area contributed by atoms with E-state index >= 15 is 0 Å². The number of nitrogens with zero attached hydrogens (tertiary/aromatic N) is 1. The molecule has 0 radical (unpaired) electrons. The number of aliphatic hydroxyl groups is 1. The summed E-state index contributed by atoms with van der Waals surface area (Å²) in [6.07, 6.45) is 4.65. The average molecular weight is 362 g/mol. The normalized spacial score (nSPS) is 21.9. The maximum absolute atomic E-state index is 12.8. The first-order valence-corrected chi connectivity index (χ1v) is 9.96. The standard InChI is InChI=1S/C22H35NO3/c1-5-19(15-24)23(20-13-11-18(12-14-20)22(2,3)4)21(25)26-16-17-9-7-6-8-10-17/h6-10,18-20,24H,5,11-16H2,1-4H3. The molecule has 1 aliphatic carbocycles. The number of aliphatic hydroxyl groups excluding tert-OH is 1. The van der Waals surface area contributed by atoms with E-state index in [1.54, 1.807) is 0 Å². The van der Waals surface area contributed by atoms with E-state index in [4.69, 9.17) is 4.74 Å². The maximum atomic E-state index is 12.8. The zero-order valence-corrected chi connectivity index (χ0v) is 16.8. The van der Waals surface area contributed by atoms with E-state index in [9.17, 15) is 9.90 Å². The molecule has 0 saturated heterocycles. The third-order valence-corrected chi connectivity index (χ3v) is 5.81. The van der Waals surface area contributed by atoms with Crippen LogP contribution in [0.1, 0.15) is 65.4 Å². The van der Waals surface area contributed by atoms with Gasteiger partial charge in [0.2, 0.25) is 0 Å². The summed E-state index contributed by atoms with van der Waals surface area (Å²) in [7, 11) is 0. The zero-order valence-electron chi connectivity index (χ0n) is 16.8. The van der Waals surface area contributed by atoms with Crippen molar-refractivity contribution in [3.05, 3.63) is 35.9 Å². The fraction of sp³-hybridized carbons (Fsp3) is 0.682. The molecule has 0 spiro atoms. The second-order valence-corrected chi connectivity index (χ2v) is 8.56. The summed E-state index contributed by atoms with van der Waals surface area (Å²) in [5.41, 5.74) is 1.29. The number of amides is 1. The summed E-state index contributed by atoms with van der Waals surface area (Å²) in [6, 6.07) is 9.73. The highest BCUT2D eigenvalue weighted by molar-refractivity contribution is 5.68. The molecule has 1 saturated carbocycles. The van der Waals surface area contributed by atoms with Gasteiger partial charge >= 0.3 is 6.09 Å². The van der Waals surface area contributed by atoms with Crippen LogP contribution in [0.4, 0.5) is 4.79 Å². The molecule has 0 aromatic heterocycles. The number of hydrogen-bond donors (Lipinski definition) is 1. The molecule has 1 aliphatic rings. The molecular weight excluding hydrogens is 326 g/mol. The minimum absolute atomic E-state index is 0.0177. The van der Waals surface area contributed by atoms with Crippen LogP contribution in [0, 0.1) is 11.3 Å². The van der Waals surface area contributed by atoms with E-state index in [1.807, 2.05) is 42.2 Å². The molecule has 26 heavy (non-hydrogen) atoms. The minimum atomic E-state index is -0.297. The van der Waals surface area contributed by atoms with Gasteiger partial charge in [-0.1, -0.05) is 58.0 Å². The molecule has 0 aliphatic heterocycles. The summed E-state index contributed by atoms with van der Waals surface area (Å²) in [5.74, 6) is 0.690. The van der Waals surface area contributed by atoms with Crippen LogP contribution in [-0.2, 0) is 11.3 Å². The van der Waals surface area contributed by atoms with Gasteiger partial charge in [-0.25, -0.2) is 4.79 Å². The molecule has 0 heterocycles. The monoisotopic (exact) mass is 361 g/mol. The Labute approximate surface area is 158 Å². The molecule has 1 unspecified atom stereocenters. The highest BCUT2D eigenvalue weighted by Crippen LogP contribution is 2.39. The molecule has 1 N–H and O–H groups in total. The predicted molar refractivity (Wildman–Crippen MR) is 105 cm³/mol. The molecule has 146 valence electrons. The van der Waals surface area contributed by atoms with Crippen LogP contribution in [-0.4, -0.2) is 34.8 Å². The first-order valence-electron chi connectivity index (χ1n) is 9.96. The second-order valence-electron chi connectivity index (χ2n) is 8.56. The molecule has 2 rings (SSSR count). The van der Waals surface area contributed by atoms with Crippen molar-refractivity contribution in [2.24, 2.45) is 11.3 Å². The topological polar surface area (TPSA) is 49.8 Å². The van der Waals surface area contributed by atoms with Gasteiger partial charge in [0.1, 0.15) is 6.61 Å². The van der Waals surface area contributed by atoms with Gasteiger partial charge < -0.3 is 9.84 Å². The predicted octanol–water partition coefficient (Wildman–Crippen LogP) is 5.00. The van der Waals surface area contributed by atoms with E-state index < -0.39 is 0 Å². The van der Waals surface area contributed by atoms with E-state index in [2.05, 4.69) is 20.8 Å². The molecule has 1 amide bonds. The first kappa shape index (κ1) is 20.8. The van der Waals surface area contributed by atoms with Crippen molar-refractivity contribution in [1.82, 2.24) is 4.90 Å². The van der Waals surface area contributed by atoms with Crippen LogP contribution < -0.4 is 0 Å². The van der Waals surface area contributed by atoms with Crippen LogP contribution in [0.15, 0.2) is 30.3 Å². The molecule has 1 aromatic rings. The van der Waals surface area contributed by atoms with Crippen LogP contribution in [0.25, 0.3) is 0 Å².